The molecule has 2 rings (SSSR count). The van der Waals surface area contributed by atoms with E-state index in [9.17, 15) is 14.4 Å². The quantitative estimate of drug-likeness (QED) is 0.641. The Morgan fingerprint density at radius 3 is 2.24 bits per heavy atom. The van der Waals surface area contributed by atoms with Crippen LogP contribution in [0.4, 0.5) is 0 Å². The van der Waals surface area contributed by atoms with Crippen LogP contribution in [0.1, 0.15) is 29.6 Å². The highest BCUT2D eigenvalue weighted by Crippen LogP contribution is 2.30. The van der Waals surface area contributed by atoms with E-state index in [0.29, 0.717) is 30.4 Å². The third kappa shape index (κ3) is 3.37. The second kappa shape index (κ2) is 6.35. The summed E-state index contributed by atoms with van der Waals surface area (Å²) in [6, 6.07) is 8.70. The van der Waals surface area contributed by atoms with Crippen LogP contribution in [0.5, 0.6) is 0 Å². The number of carbonyl (C=O) groups excluding carboxylic acids is 1. The van der Waals surface area contributed by atoms with Gasteiger partial charge in [0, 0.05) is 11.5 Å². The van der Waals surface area contributed by atoms with Gasteiger partial charge in [-0.3, -0.25) is 14.4 Å². The van der Waals surface area contributed by atoms with E-state index in [1.54, 1.807) is 30.3 Å². The molecule has 5 heteroatoms. The van der Waals surface area contributed by atoms with E-state index in [0.717, 1.165) is 0 Å². The zero-order chi connectivity index (χ0) is 15.4. The molecule has 1 aliphatic rings. The number of carboxylic acids is 2. The zero-order valence-corrected chi connectivity index (χ0v) is 11.4. The number of carboxylic acid groups (broad SMARTS) is 2. The molecule has 0 bridgehead atoms. The number of allylic oxidation sites excluding steroid dienone is 2. The number of aliphatic carboxylic acids is 2. The van der Waals surface area contributed by atoms with Crippen LogP contribution in [0.25, 0.3) is 0 Å². The minimum absolute atomic E-state index is 0.158. The highest BCUT2D eigenvalue weighted by atomic mass is 16.4. The molecule has 1 atom stereocenters. The maximum absolute atomic E-state index is 12.3. The first-order chi connectivity index (χ1) is 10.0. The summed E-state index contributed by atoms with van der Waals surface area (Å²) in [6.07, 6.45) is 3.17. The minimum Gasteiger partial charge on any atom is -0.481 e. The number of carbonyl (C=O) groups is 3. The van der Waals surface area contributed by atoms with Crippen molar-refractivity contribution in [3.05, 3.63) is 47.5 Å². The van der Waals surface area contributed by atoms with Crippen LogP contribution in [0.2, 0.25) is 0 Å². The number of hydrogen-bond acceptors (Lipinski definition) is 3. The maximum atomic E-state index is 12.3. The molecule has 110 valence electrons. The van der Waals surface area contributed by atoms with Gasteiger partial charge in [-0.2, -0.15) is 0 Å². The van der Waals surface area contributed by atoms with Gasteiger partial charge < -0.3 is 10.2 Å². The number of Topliss-reactive ketones (excluding diaryl/α,β-unsaturated/α-hetero) is 1. The molecule has 1 aromatic rings. The Labute approximate surface area is 121 Å². The zero-order valence-electron chi connectivity index (χ0n) is 11.4. The molecule has 0 radical (unpaired) electrons. The molecular weight excluding hydrogens is 272 g/mol. The summed E-state index contributed by atoms with van der Waals surface area (Å²) in [5.74, 6) is -5.02. The van der Waals surface area contributed by atoms with Crippen molar-refractivity contribution in [2.45, 2.75) is 19.3 Å². The highest BCUT2D eigenvalue weighted by molar-refractivity contribution is 6.08. The van der Waals surface area contributed by atoms with Crippen molar-refractivity contribution in [2.75, 3.05) is 0 Å². The smallest absolute Gasteiger partial charge is 0.318 e. The molecule has 0 amide bonds. The van der Waals surface area contributed by atoms with Gasteiger partial charge in [0.15, 0.2) is 11.7 Å². The van der Waals surface area contributed by atoms with Crippen LogP contribution in [-0.4, -0.2) is 27.9 Å². The van der Waals surface area contributed by atoms with Crippen molar-refractivity contribution in [2.24, 2.45) is 11.8 Å². The fourth-order valence-electron chi connectivity index (χ4n) is 2.65. The fraction of sp³-hybridized carbons (Fsp3) is 0.312. The van der Waals surface area contributed by atoms with Gasteiger partial charge in [-0.25, -0.2) is 0 Å². The van der Waals surface area contributed by atoms with E-state index in [1.165, 1.54) is 6.08 Å². The molecule has 0 saturated carbocycles. The summed E-state index contributed by atoms with van der Waals surface area (Å²) in [5.41, 5.74) is 1.04. The second-order valence-electron chi connectivity index (χ2n) is 5.10. The number of benzene rings is 1. The van der Waals surface area contributed by atoms with Gasteiger partial charge in [-0.05, 0) is 24.8 Å². The Hall–Kier alpha value is -2.43. The van der Waals surface area contributed by atoms with Crippen LogP contribution in [0.15, 0.2) is 42.0 Å². The van der Waals surface area contributed by atoms with Crippen molar-refractivity contribution >= 4 is 17.7 Å². The van der Waals surface area contributed by atoms with Crippen molar-refractivity contribution in [1.82, 2.24) is 0 Å². The van der Waals surface area contributed by atoms with Gasteiger partial charge in [0.05, 0.1) is 0 Å². The average Bonchev–Trinajstić information content (AvgIpc) is 2.47. The third-order valence-corrected chi connectivity index (χ3v) is 3.69. The van der Waals surface area contributed by atoms with Gasteiger partial charge in [-0.15, -0.1) is 0 Å². The summed E-state index contributed by atoms with van der Waals surface area (Å²) in [4.78, 5) is 34.5. The Balaban J connectivity index is 2.27. The van der Waals surface area contributed by atoms with Crippen LogP contribution < -0.4 is 0 Å². The summed E-state index contributed by atoms with van der Waals surface area (Å²) < 4.78 is 0. The molecule has 1 aromatic carbocycles. The molecule has 2 N–H and O–H groups in total. The standard InChI is InChI=1S/C16H16O5/c17-14(10-5-2-1-3-6-10)12-8-4-7-11(9-12)13(15(18)19)16(20)21/h1-3,5-6,9,11,13H,4,7-8H2,(H,18,19)(H,20,21). The number of rotatable bonds is 5. The van der Waals surface area contributed by atoms with Crippen molar-refractivity contribution in [3.8, 4) is 0 Å². The molecule has 0 aromatic heterocycles. The predicted octanol–water partition coefficient (Wildman–Crippen LogP) is 2.38. The first kappa shape index (κ1) is 15.0. The molecule has 0 spiro atoms. The summed E-state index contributed by atoms with van der Waals surface area (Å²) >= 11 is 0. The lowest BCUT2D eigenvalue weighted by Gasteiger charge is -2.23. The third-order valence-electron chi connectivity index (χ3n) is 3.69. The predicted molar refractivity (Wildman–Crippen MR) is 75.0 cm³/mol. The molecule has 5 nitrogen and oxygen atoms in total. The number of ketones is 1. The topological polar surface area (TPSA) is 91.7 Å². The first-order valence-electron chi connectivity index (χ1n) is 6.76. The SMILES string of the molecule is O=C(C1=CC(C(C(=O)O)C(=O)O)CCC1)c1ccccc1. The Bertz CT molecular complexity index is 574. The summed E-state index contributed by atoms with van der Waals surface area (Å²) in [6.45, 7) is 0. The average molecular weight is 288 g/mol. The van der Waals surface area contributed by atoms with Crippen LogP contribution in [-0.2, 0) is 9.59 Å². The molecule has 0 aliphatic heterocycles. The van der Waals surface area contributed by atoms with Crippen LogP contribution >= 0.6 is 0 Å². The van der Waals surface area contributed by atoms with Gasteiger partial charge in [0.1, 0.15) is 0 Å². The molecule has 1 unspecified atom stereocenters. The van der Waals surface area contributed by atoms with Crippen molar-refractivity contribution in [3.63, 3.8) is 0 Å². The highest BCUT2D eigenvalue weighted by Gasteiger charge is 2.35. The molecule has 1 aliphatic carbocycles. The van der Waals surface area contributed by atoms with Gasteiger partial charge >= 0.3 is 11.9 Å². The largest absolute Gasteiger partial charge is 0.481 e. The fourth-order valence-corrected chi connectivity index (χ4v) is 2.65. The van der Waals surface area contributed by atoms with Crippen LogP contribution in [0, 0.1) is 11.8 Å². The van der Waals surface area contributed by atoms with Crippen molar-refractivity contribution < 1.29 is 24.6 Å². The Morgan fingerprint density at radius 2 is 1.67 bits per heavy atom. The van der Waals surface area contributed by atoms with Gasteiger partial charge in [0.2, 0.25) is 0 Å². The minimum atomic E-state index is -1.50. The Kier molecular flexibility index (Phi) is 4.52. The second-order valence-corrected chi connectivity index (χ2v) is 5.10. The summed E-state index contributed by atoms with van der Waals surface area (Å²) in [5, 5.41) is 18.1. The Morgan fingerprint density at radius 1 is 1.05 bits per heavy atom. The monoisotopic (exact) mass is 288 g/mol. The first-order valence-corrected chi connectivity index (χ1v) is 6.76. The van der Waals surface area contributed by atoms with E-state index in [-0.39, 0.29) is 5.78 Å². The van der Waals surface area contributed by atoms with E-state index < -0.39 is 23.8 Å². The maximum Gasteiger partial charge on any atom is 0.318 e. The molecular formula is C16H16O5. The lowest BCUT2D eigenvalue weighted by molar-refractivity contribution is -0.156. The van der Waals surface area contributed by atoms with Crippen molar-refractivity contribution in [1.29, 1.82) is 0 Å². The molecule has 0 saturated heterocycles. The van der Waals surface area contributed by atoms with E-state index in [4.69, 9.17) is 10.2 Å². The van der Waals surface area contributed by atoms with E-state index in [2.05, 4.69) is 0 Å². The van der Waals surface area contributed by atoms with E-state index >= 15 is 0 Å². The summed E-state index contributed by atoms with van der Waals surface area (Å²) in [7, 11) is 0. The lowest BCUT2D eigenvalue weighted by Crippen LogP contribution is -2.32. The molecule has 21 heavy (non-hydrogen) atoms. The normalized spacial score (nSPS) is 18.1. The number of hydrogen-bond donors (Lipinski definition) is 2. The molecule has 0 fully saturated rings. The van der Waals surface area contributed by atoms with Gasteiger partial charge in [0.25, 0.3) is 0 Å². The van der Waals surface area contributed by atoms with E-state index in [1.807, 2.05) is 0 Å². The van der Waals surface area contributed by atoms with Gasteiger partial charge in [-0.1, -0.05) is 36.4 Å². The lowest BCUT2D eigenvalue weighted by atomic mass is 9.80. The van der Waals surface area contributed by atoms with Crippen LogP contribution in [0.3, 0.4) is 0 Å². The molecule has 0 heterocycles.